The third-order valence-corrected chi connectivity index (χ3v) is 9.46. The van der Waals surface area contributed by atoms with Crippen molar-refractivity contribution in [3.8, 4) is 0 Å². The van der Waals surface area contributed by atoms with Crippen LogP contribution in [0.15, 0.2) is 24.3 Å². The Morgan fingerprint density at radius 2 is 1.79 bits per heavy atom. The summed E-state index contributed by atoms with van der Waals surface area (Å²) in [6.45, 7) is 23.8. The first-order valence-electron chi connectivity index (χ1n) is 9.00. The molecule has 0 aromatic carbocycles. The van der Waals surface area contributed by atoms with E-state index in [9.17, 15) is 4.79 Å². The van der Waals surface area contributed by atoms with Crippen molar-refractivity contribution in [2.24, 2.45) is 11.8 Å². The first kappa shape index (κ1) is 23.1. The van der Waals surface area contributed by atoms with Gasteiger partial charge in [0, 0.05) is 6.08 Å². The minimum atomic E-state index is -1.86. The van der Waals surface area contributed by atoms with Gasteiger partial charge in [-0.2, -0.15) is 0 Å². The molecule has 0 bridgehead atoms. The zero-order valence-corrected chi connectivity index (χ0v) is 18.2. The third kappa shape index (κ3) is 7.35. The van der Waals surface area contributed by atoms with Gasteiger partial charge in [0.2, 0.25) is 0 Å². The number of hydrogen-bond acceptors (Lipinski definition) is 3. The van der Waals surface area contributed by atoms with E-state index in [-0.39, 0.29) is 23.0 Å². The highest BCUT2D eigenvalue weighted by atomic mass is 28.4. The Labute approximate surface area is 150 Å². The largest absolute Gasteiger partial charge is 0.463 e. The molecule has 0 rings (SSSR count). The Kier molecular flexibility index (Phi) is 9.22. The van der Waals surface area contributed by atoms with E-state index in [4.69, 9.17) is 9.16 Å². The van der Waals surface area contributed by atoms with Crippen LogP contribution in [0.25, 0.3) is 0 Å². The van der Waals surface area contributed by atoms with Gasteiger partial charge in [-0.3, -0.25) is 0 Å². The number of carbonyl (C=O) groups is 1. The van der Waals surface area contributed by atoms with Crippen LogP contribution in [0.4, 0.5) is 0 Å². The predicted molar refractivity (Wildman–Crippen MR) is 106 cm³/mol. The number of esters is 1. The molecule has 0 saturated carbocycles. The molecule has 0 spiro atoms. The number of ether oxygens (including phenoxy) is 1. The smallest absolute Gasteiger partial charge is 0.330 e. The molecule has 0 aliphatic rings. The maximum absolute atomic E-state index is 11.6. The zero-order valence-electron chi connectivity index (χ0n) is 17.2. The molecule has 0 radical (unpaired) electrons. The summed E-state index contributed by atoms with van der Waals surface area (Å²) in [6.07, 6.45) is 4.49. The fourth-order valence-corrected chi connectivity index (χ4v) is 3.94. The van der Waals surface area contributed by atoms with E-state index >= 15 is 0 Å². The average molecular weight is 355 g/mol. The van der Waals surface area contributed by atoms with Crippen molar-refractivity contribution in [3.05, 3.63) is 24.3 Å². The lowest BCUT2D eigenvalue weighted by molar-refractivity contribution is -0.137. The minimum absolute atomic E-state index is 0.105. The summed E-state index contributed by atoms with van der Waals surface area (Å²) in [6, 6.07) is 0. The highest BCUT2D eigenvalue weighted by Gasteiger charge is 2.41. The second-order valence-corrected chi connectivity index (χ2v) is 13.1. The summed E-state index contributed by atoms with van der Waals surface area (Å²) in [5.74, 6) is 0.308. The van der Waals surface area contributed by atoms with Crippen molar-refractivity contribution in [2.75, 3.05) is 6.61 Å². The van der Waals surface area contributed by atoms with Crippen LogP contribution in [0.5, 0.6) is 0 Å². The molecule has 3 atom stereocenters. The summed E-state index contributed by atoms with van der Waals surface area (Å²) < 4.78 is 11.7. The van der Waals surface area contributed by atoms with E-state index in [1.54, 1.807) is 6.08 Å². The Balaban J connectivity index is 5.19. The molecule has 0 saturated heterocycles. The maximum Gasteiger partial charge on any atom is 0.330 e. The maximum atomic E-state index is 11.6. The van der Waals surface area contributed by atoms with Crippen molar-refractivity contribution in [2.45, 2.75) is 79.1 Å². The van der Waals surface area contributed by atoms with E-state index < -0.39 is 8.32 Å². The van der Waals surface area contributed by atoms with Crippen molar-refractivity contribution in [1.82, 2.24) is 0 Å². The fraction of sp³-hybridized carbons (Fsp3) is 0.750. The SMILES string of the molecule is C=C[C@@H](C)[C@@H](O[Si](C)(C)C(C)(C)C)[C@H](C)C/C(C)=C/C(=O)OCC. The van der Waals surface area contributed by atoms with Crippen molar-refractivity contribution < 1.29 is 14.0 Å². The monoisotopic (exact) mass is 354 g/mol. The lowest BCUT2D eigenvalue weighted by atomic mass is 9.89. The Morgan fingerprint density at radius 3 is 2.21 bits per heavy atom. The van der Waals surface area contributed by atoms with E-state index in [1.165, 1.54) is 0 Å². The second-order valence-electron chi connectivity index (χ2n) is 8.36. The van der Waals surface area contributed by atoms with Gasteiger partial charge in [-0.1, -0.05) is 46.3 Å². The van der Waals surface area contributed by atoms with Gasteiger partial charge in [-0.15, -0.1) is 6.58 Å². The highest BCUT2D eigenvalue weighted by Crippen LogP contribution is 2.39. The lowest BCUT2D eigenvalue weighted by Crippen LogP contribution is -2.47. The first-order chi connectivity index (χ1) is 10.9. The average Bonchev–Trinajstić information content (AvgIpc) is 2.42. The van der Waals surface area contributed by atoms with Crippen LogP contribution >= 0.6 is 0 Å². The van der Waals surface area contributed by atoms with Gasteiger partial charge in [-0.25, -0.2) is 4.79 Å². The van der Waals surface area contributed by atoms with Gasteiger partial charge in [0.1, 0.15) is 0 Å². The fourth-order valence-electron chi connectivity index (χ4n) is 2.46. The van der Waals surface area contributed by atoms with Crippen molar-refractivity contribution >= 4 is 14.3 Å². The van der Waals surface area contributed by atoms with Gasteiger partial charge in [-0.05, 0) is 50.2 Å². The van der Waals surface area contributed by atoms with Crippen LogP contribution in [0.1, 0.15) is 54.9 Å². The van der Waals surface area contributed by atoms with Gasteiger partial charge in [0.05, 0.1) is 12.7 Å². The highest BCUT2D eigenvalue weighted by molar-refractivity contribution is 6.74. The molecular weight excluding hydrogens is 316 g/mol. The van der Waals surface area contributed by atoms with E-state index in [0.29, 0.717) is 12.5 Å². The third-order valence-electron chi connectivity index (χ3n) is 4.98. The summed E-state index contributed by atoms with van der Waals surface area (Å²) in [4.78, 5) is 11.6. The number of hydrogen-bond donors (Lipinski definition) is 0. The minimum Gasteiger partial charge on any atom is -0.463 e. The molecular formula is C20H38O3Si. The van der Waals surface area contributed by atoms with Gasteiger partial charge in [0.25, 0.3) is 0 Å². The number of rotatable bonds is 9. The van der Waals surface area contributed by atoms with Crippen LogP contribution in [0, 0.1) is 11.8 Å². The molecule has 0 amide bonds. The van der Waals surface area contributed by atoms with Crippen LogP contribution in [-0.2, 0) is 14.0 Å². The Morgan fingerprint density at radius 1 is 1.25 bits per heavy atom. The molecule has 0 aromatic rings. The molecule has 0 heterocycles. The van der Waals surface area contributed by atoms with Crippen LogP contribution < -0.4 is 0 Å². The molecule has 4 heteroatoms. The lowest BCUT2D eigenvalue weighted by Gasteiger charge is -2.42. The van der Waals surface area contributed by atoms with E-state index in [0.717, 1.165) is 12.0 Å². The second kappa shape index (κ2) is 9.57. The molecule has 0 aliphatic heterocycles. The van der Waals surface area contributed by atoms with Crippen molar-refractivity contribution in [3.63, 3.8) is 0 Å². The quantitative estimate of drug-likeness (QED) is 0.229. The van der Waals surface area contributed by atoms with E-state index in [1.807, 2.05) is 19.9 Å². The molecule has 0 fully saturated rings. The van der Waals surface area contributed by atoms with Crippen LogP contribution in [-0.4, -0.2) is 27.0 Å². The van der Waals surface area contributed by atoms with Gasteiger partial charge < -0.3 is 9.16 Å². The number of allylic oxidation sites excluding steroid dienone is 1. The van der Waals surface area contributed by atoms with Crippen LogP contribution in [0.2, 0.25) is 18.1 Å². The van der Waals surface area contributed by atoms with Crippen molar-refractivity contribution in [1.29, 1.82) is 0 Å². The first-order valence-corrected chi connectivity index (χ1v) is 11.9. The van der Waals surface area contributed by atoms with Gasteiger partial charge >= 0.3 is 5.97 Å². The topological polar surface area (TPSA) is 35.5 Å². The normalized spacial score (nSPS) is 17.1. The standard InChI is InChI=1S/C20H38O3Si/c1-11-16(4)19(23-24(9,10)20(6,7)8)17(5)13-15(3)14-18(21)22-12-2/h11,14,16-17,19H,1,12-13H2,2-10H3/b15-14+/t16-,17-,19-/m1/s1. The summed E-state index contributed by atoms with van der Waals surface area (Å²) >= 11 is 0. The Bertz CT molecular complexity index is 446. The molecule has 3 nitrogen and oxygen atoms in total. The number of carbonyl (C=O) groups excluding carboxylic acids is 1. The molecule has 0 aromatic heterocycles. The van der Waals surface area contributed by atoms with E-state index in [2.05, 4.69) is 54.3 Å². The van der Waals surface area contributed by atoms with Gasteiger partial charge in [0.15, 0.2) is 8.32 Å². The molecule has 0 N–H and O–H groups in total. The summed E-state index contributed by atoms with van der Waals surface area (Å²) in [7, 11) is -1.86. The molecule has 0 unspecified atom stereocenters. The van der Waals surface area contributed by atoms with Crippen LogP contribution in [0.3, 0.4) is 0 Å². The zero-order chi connectivity index (χ0) is 19.1. The summed E-state index contributed by atoms with van der Waals surface area (Å²) in [5, 5.41) is 0.168. The molecule has 0 aliphatic carbocycles. The predicted octanol–water partition coefficient (Wildman–Crippen LogP) is 5.73. The Hall–Kier alpha value is -0.873. The molecule has 24 heavy (non-hydrogen) atoms. The molecule has 140 valence electrons. The summed E-state index contributed by atoms with van der Waals surface area (Å²) in [5.41, 5.74) is 1.03.